The minimum absolute atomic E-state index is 0.366. The van der Waals surface area contributed by atoms with Crippen molar-refractivity contribution < 1.29 is 4.74 Å². The first-order chi connectivity index (χ1) is 8.69. The van der Waals surface area contributed by atoms with Gasteiger partial charge in [-0.25, -0.2) is 0 Å². The highest BCUT2D eigenvalue weighted by Crippen LogP contribution is 2.18. The predicted molar refractivity (Wildman–Crippen MR) is 73.1 cm³/mol. The van der Waals surface area contributed by atoms with Gasteiger partial charge in [-0.05, 0) is 47.1 Å². The summed E-state index contributed by atoms with van der Waals surface area (Å²) >= 11 is 3.34. The van der Waals surface area contributed by atoms with Gasteiger partial charge >= 0.3 is 0 Å². The summed E-state index contributed by atoms with van der Waals surface area (Å²) in [5.41, 5.74) is 8.21. The first kappa shape index (κ1) is 13.0. The minimum atomic E-state index is 0.366. The van der Waals surface area contributed by atoms with Crippen molar-refractivity contribution in [1.82, 2.24) is 9.97 Å². The number of pyridine rings is 2. The van der Waals surface area contributed by atoms with Crippen LogP contribution in [0.15, 0.2) is 34.9 Å². The van der Waals surface area contributed by atoms with Gasteiger partial charge in [-0.15, -0.1) is 0 Å². The van der Waals surface area contributed by atoms with E-state index in [0.717, 1.165) is 21.6 Å². The minimum Gasteiger partial charge on any atom is -0.485 e. The van der Waals surface area contributed by atoms with Gasteiger partial charge in [0.15, 0.2) is 0 Å². The van der Waals surface area contributed by atoms with Gasteiger partial charge in [0.25, 0.3) is 0 Å². The number of hydrogen-bond donors (Lipinski definition) is 1. The van der Waals surface area contributed by atoms with Gasteiger partial charge in [0, 0.05) is 22.9 Å². The number of hydrogen-bond acceptors (Lipinski definition) is 4. The van der Waals surface area contributed by atoms with Gasteiger partial charge in [-0.3, -0.25) is 9.97 Å². The number of aromatic nitrogens is 2. The molecule has 4 nitrogen and oxygen atoms in total. The molecule has 0 spiro atoms. The lowest BCUT2D eigenvalue weighted by molar-refractivity contribution is 0.296. The maximum atomic E-state index is 5.69. The van der Waals surface area contributed by atoms with Crippen LogP contribution in [0.5, 0.6) is 5.75 Å². The third kappa shape index (κ3) is 3.27. The van der Waals surface area contributed by atoms with E-state index >= 15 is 0 Å². The van der Waals surface area contributed by atoms with Crippen molar-refractivity contribution in [2.24, 2.45) is 5.73 Å². The van der Waals surface area contributed by atoms with Crippen LogP contribution in [0.4, 0.5) is 0 Å². The highest BCUT2D eigenvalue weighted by molar-refractivity contribution is 9.10. The van der Waals surface area contributed by atoms with Crippen molar-refractivity contribution in [1.29, 1.82) is 0 Å². The molecule has 0 saturated heterocycles. The second kappa shape index (κ2) is 5.93. The molecule has 0 aliphatic rings. The molecular weight excluding hydrogens is 294 g/mol. The summed E-state index contributed by atoms with van der Waals surface area (Å²) in [5.74, 6) is 0.716. The lowest BCUT2D eigenvalue weighted by Crippen LogP contribution is -2.06. The molecule has 0 unspecified atom stereocenters. The second-order valence-electron chi connectivity index (χ2n) is 3.86. The van der Waals surface area contributed by atoms with Gasteiger partial charge in [0.05, 0.1) is 11.4 Å². The first-order valence-corrected chi connectivity index (χ1v) is 6.38. The number of aryl methyl sites for hydroxylation is 1. The van der Waals surface area contributed by atoms with Crippen molar-refractivity contribution in [3.05, 3.63) is 52.0 Å². The Morgan fingerprint density at radius 1 is 1.28 bits per heavy atom. The van der Waals surface area contributed by atoms with Crippen LogP contribution in [-0.2, 0) is 13.2 Å². The average Bonchev–Trinajstić information content (AvgIpc) is 2.39. The lowest BCUT2D eigenvalue weighted by Gasteiger charge is -2.10. The molecule has 2 heterocycles. The summed E-state index contributed by atoms with van der Waals surface area (Å²) in [6, 6.07) is 7.64. The van der Waals surface area contributed by atoms with Gasteiger partial charge in [-0.1, -0.05) is 0 Å². The van der Waals surface area contributed by atoms with Crippen LogP contribution in [0, 0.1) is 6.92 Å². The molecule has 0 aliphatic heterocycles. The summed E-state index contributed by atoms with van der Waals surface area (Å²) in [6.07, 6.45) is 1.75. The monoisotopic (exact) mass is 307 g/mol. The quantitative estimate of drug-likeness (QED) is 0.943. The Labute approximate surface area is 114 Å². The van der Waals surface area contributed by atoms with E-state index in [1.54, 1.807) is 6.20 Å². The van der Waals surface area contributed by atoms with E-state index in [1.165, 1.54) is 0 Å². The molecule has 5 heteroatoms. The van der Waals surface area contributed by atoms with Gasteiger partial charge in [0.1, 0.15) is 12.4 Å². The van der Waals surface area contributed by atoms with E-state index in [-0.39, 0.29) is 0 Å². The largest absolute Gasteiger partial charge is 0.485 e. The number of nitrogens with zero attached hydrogens (tertiary/aromatic N) is 2. The molecule has 0 atom stereocenters. The van der Waals surface area contributed by atoms with Crippen LogP contribution >= 0.6 is 15.9 Å². The Hall–Kier alpha value is -1.46. The topological polar surface area (TPSA) is 61.0 Å². The van der Waals surface area contributed by atoms with Crippen molar-refractivity contribution in [2.45, 2.75) is 20.1 Å². The molecule has 0 saturated carbocycles. The number of nitrogens with two attached hydrogens (primary N) is 1. The van der Waals surface area contributed by atoms with E-state index in [2.05, 4.69) is 25.9 Å². The third-order valence-electron chi connectivity index (χ3n) is 2.43. The van der Waals surface area contributed by atoms with Gasteiger partial charge in [0.2, 0.25) is 0 Å². The van der Waals surface area contributed by atoms with Crippen LogP contribution in [0.25, 0.3) is 0 Å². The van der Waals surface area contributed by atoms with Crippen LogP contribution in [0.1, 0.15) is 17.1 Å². The maximum Gasteiger partial charge on any atom is 0.142 e. The standard InChI is InChI=1S/C13H14BrN3O/c1-9-2-5-13(12(6-15)17-9)18-8-11-4-3-10(14)7-16-11/h2-5,7H,6,8,15H2,1H3. The number of halogens is 1. The average molecular weight is 308 g/mol. The Bertz CT molecular complexity index is 528. The molecule has 0 radical (unpaired) electrons. The Kier molecular flexibility index (Phi) is 4.28. The molecule has 2 N–H and O–H groups in total. The molecule has 2 aromatic rings. The number of rotatable bonds is 4. The third-order valence-corrected chi connectivity index (χ3v) is 2.90. The smallest absolute Gasteiger partial charge is 0.142 e. The molecule has 2 aromatic heterocycles. The van der Waals surface area contributed by atoms with Crippen LogP contribution < -0.4 is 10.5 Å². The van der Waals surface area contributed by atoms with E-state index in [0.29, 0.717) is 18.9 Å². The van der Waals surface area contributed by atoms with Crippen LogP contribution in [0.2, 0.25) is 0 Å². The SMILES string of the molecule is Cc1ccc(OCc2ccc(Br)cn2)c(CN)n1. The molecule has 0 aliphatic carbocycles. The normalized spacial score (nSPS) is 10.4. The zero-order chi connectivity index (χ0) is 13.0. The summed E-state index contributed by atoms with van der Waals surface area (Å²) in [6.45, 7) is 2.70. The molecule has 2 rings (SSSR count). The zero-order valence-corrected chi connectivity index (χ0v) is 11.6. The summed E-state index contributed by atoms with van der Waals surface area (Å²) in [4.78, 5) is 8.58. The Balaban J connectivity index is 2.08. The van der Waals surface area contributed by atoms with Crippen LogP contribution in [0.3, 0.4) is 0 Å². The molecule has 0 fully saturated rings. The Morgan fingerprint density at radius 2 is 2.11 bits per heavy atom. The first-order valence-electron chi connectivity index (χ1n) is 5.59. The van der Waals surface area contributed by atoms with Crippen LogP contribution in [-0.4, -0.2) is 9.97 Å². The molecule has 0 amide bonds. The molecular formula is C13H14BrN3O. The molecule has 0 aromatic carbocycles. The van der Waals surface area contributed by atoms with E-state index in [1.807, 2.05) is 31.2 Å². The second-order valence-corrected chi connectivity index (χ2v) is 4.77. The molecule has 94 valence electrons. The van der Waals surface area contributed by atoms with Crippen molar-refractivity contribution in [3.8, 4) is 5.75 Å². The predicted octanol–water partition coefficient (Wildman–Crippen LogP) is 2.59. The fourth-order valence-electron chi connectivity index (χ4n) is 1.52. The summed E-state index contributed by atoms with van der Waals surface area (Å²) in [7, 11) is 0. The van der Waals surface area contributed by atoms with Gasteiger partial charge < -0.3 is 10.5 Å². The van der Waals surface area contributed by atoms with E-state index in [4.69, 9.17) is 10.5 Å². The van der Waals surface area contributed by atoms with Crippen molar-refractivity contribution >= 4 is 15.9 Å². The zero-order valence-electron chi connectivity index (χ0n) is 10.1. The summed E-state index contributed by atoms with van der Waals surface area (Å²) < 4.78 is 6.64. The fraction of sp³-hybridized carbons (Fsp3) is 0.231. The Morgan fingerprint density at radius 3 is 2.78 bits per heavy atom. The van der Waals surface area contributed by atoms with Gasteiger partial charge in [-0.2, -0.15) is 0 Å². The van der Waals surface area contributed by atoms with E-state index < -0.39 is 0 Å². The molecule has 18 heavy (non-hydrogen) atoms. The fourth-order valence-corrected chi connectivity index (χ4v) is 1.75. The van der Waals surface area contributed by atoms with Crippen molar-refractivity contribution in [2.75, 3.05) is 0 Å². The van der Waals surface area contributed by atoms with E-state index in [9.17, 15) is 0 Å². The number of ether oxygens (including phenoxy) is 1. The molecule has 0 bridgehead atoms. The maximum absolute atomic E-state index is 5.69. The van der Waals surface area contributed by atoms with Crippen molar-refractivity contribution in [3.63, 3.8) is 0 Å². The summed E-state index contributed by atoms with van der Waals surface area (Å²) in [5, 5.41) is 0. The lowest BCUT2D eigenvalue weighted by atomic mass is 10.3. The highest BCUT2D eigenvalue weighted by Gasteiger charge is 2.05. The highest BCUT2D eigenvalue weighted by atomic mass is 79.9.